The van der Waals surface area contributed by atoms with Gasteiger partial charge in [-0.1, -0.05) is 0 Å². The van der Waals surface area contributed by atoms with Gasteiger partial charge in [-0.25, -0.2) is 4.39 Å². The van der Waals surface area contributed by atoms with Crippen LogP contribution in [0.15, 0.2) is 18.2 Å². The van der Waals surface area contributed by atoms with E-state index in [-0.39, 0.29) is 24.4 Å². The summed E-state index contributed by atoms with van der Waals surface area (Å²) < 4.78 is 64.6. The minimum Gasteiger partial charge on any atom is -0.314 e. The van der Waals surface area contributed by atoms with Gasteiger partial charge in [0.15, 0.2) is 0 Å². The molecule has 1 saturated heterocycles. The van der Waals surface area contributed by atoms with Crippen LogP contribution in [-0.4, -0.2) is 37.8 Å². The number of benzene rings is 1. The van der Waals surface area contributed by atoms with Crippen molar-refractivity contribution in [3.05, 3.63) is 35.1 Å². The molecule has 0 aromatic heterocycles. The maximum absolute atomic E-state index is 13.5. The summed E-state index contributed by atoms with van der Waals surface area (Å²) in [4.78, 5) is 1.89. The fourth-order valence-electron chi connectivity index (χ4n) is 2.63. The van der Waals surface area contributed by atoms with E-state index in [2.05, 4.69) is 5.32 Å². The summed E-state index contributed by atoms with van der Waals surface area (Å²) in [6.07, 6.45) is -4.55. The third-order valence-electron chi connectivity index (χ3n) is 3.61. The lowest BCUT2D eigenvalue weighted by Gasteiger charge is -2.35. The second kappa shape index (κ2) is 8.08. The fraction of sp³-hybridized carbons (Fsp3) is 0.571. The van der Waals surface area contributed by atoms with Crippen molar-refractivity contribution < 1.29 is 22.0 Å². The standard InChI is InChI=1S/C14H17F5N2.ClH/c15-2-1-13(21-5-3-20-4-6-21)10-7-11(14(17,18)19)9-12(16)8-10;/h7-9,13,20H,1-6H2;1H/t13-;/m1./s1. The number of nitrogens with one attached hydrogen (secondary N) is 1. The molecule has 1 aliphatic heterocycles. The van der Waals surface area contributed by atoms with E-state index < -0.39 is 30.3 Å². The quantitative estimate of drug-likeness (QED) is 0.840. The third-order valence-corrected chi connectivity index (χ3v) is 3.61. The number of halogens is 6. The van der Waals surface area contributed by atoms with Crippen molar-refractivity contribution in [2.45, 2.75) is 18.6 Å². The molecule has 0 radical (unpaired) electrons. The summed E-state index contributed by atoms with van der Waals surface area (Å²) in [7, 11) is 0. The predicted octanol–water partition coefficient (Wildman–Crippen LogP) is 3.57. The van der Waals surface area contributed by atoms with Gasteiger partial charge in [-0.2, -0.15) is 13.2 Å². The minimum atomic E-state index is -4.61. The third kappa shape index (κ3) is 4.79. The van der Waals surface area contributed by atoms with Gasteiger partial charge >= 0.3 is 6.18 Å². The van der Waals surface area contributed by atoms with Gasteiger partial charge in [0.1, 0.15) is 5.82 Å². The highest BCUT2D eigenvalue weighted by atomic mass is 35.5. The largest absolute Gasteiger partial charge is 0.416 e. The molecule has 1 aliphatic rings. The van der Waals surface area contributed by atoms with E-state index in [4.69, 9.17) is 0 Å². The van der Waals surface area contributed by atoms with E-state index in [1.807, 2.05) is 4.90 Å². The molecule has 22 heavy (non-hydrogen) atoms. The lowest BCUT2D eigenvalue weighted by molar-refractivity contribution is -0.137. The smallest absolute Gasteiger partial charge is 0.314 e. The van der Waals surface area contributed by atoms with Crippen LogP contribution in [-0.2, 0) is 6.18 Å². The summed E-state index contributed by atoms with van der Waals surface area (Å²) in [5.41, 5.74) is -0.849. The van der Waals surface area contributed by atoms with Gasteiger partial charge in [0.2, 0.25) is 0 Å². The van der Waals surface area contributed by atoms with Crippen LogP contribution >= 0.6 is 12.4 Å². The summed E-state index contributed by atoms with van der Waals surface area (Å²) in [6, 6.07) is 1.92. The molecule has 1 atom stereocenters. The molecule has 1 N–H and O–H groups in total. The summed E-state index contributed by atoms with van der Waals surface area (Å²) in [5.74, 6) is -0.946. The van der Waals surface area contributed by atoms with E-state index >= 15 is 0 Å². The molecule has 2 rings (SSSR count). The highest BCUT2D eigenvalue weighted by molar-refractivity contribution is 5.85. The number of nitrogens with zero attached hydrogens (tertiary/aromatic N) is 1. The number of piperazine rings is 1. The highest BCUT2D eigenvalue weighted by Gasteiger charge is 2.33. The van der Waals surface area contributed by atoms with Crippen LogP contribution in [0.5, 0.6) is 0 Å². The Hall–Kier alpha value is -0.920. The van der Waals surface area contributed by atoms with Gasteiger partial charge in [0.25, 0.3) is 0 Å². The summed E-state index contributed by atoms with van der Waals surface area (Å²) >= 11 is 0. The SMILES string of the molecule is Cl.FCC[C@H](c1cc(F)cc(C(F)(F)F)c1)N1CCNCC1. The van der Waals surface area contributed by atoms with Gasteiger partial charge in [0, 0.05) is 32.2 Å². The molecule has 1 aromatic rings. The first-order valence-corrected chi connectivity index (χ1v) is 6.80. The second-order valence-electron chi connectivity index (χ2n) is 5.05. The summed E-state index contributed by atoms with van der Waals surface area (Å²) in [5, 5.41) is 3.12. The van der Waals surface area contributed by atoms with Crippen molar-refractivity contribution in [2.24, 2.45) is 0 Å². The average molecular weight is 345 g/mol. The Morgan fingerprint density at radius 1 is 1.14 bits per heavy atom. The molecule has 0 amide bonds. The fourth-order valence-corrected chi connectivity index (χ4v) is 2.63. The van der Waals surface area contributed by atoms with Crippen LogP contribution in [0.25, 0.3) is 0 Å². The molecule has 1 fully saturated rings. The number of hydrogen-bond donors (Lipinski definition) is 1. The number of rotatable bonds is 4. The Morgan fingerprint density at radius 2 is 1.77 bits per heavy atom. The first-order valence-electron chi connectivity index (χ1n) is 6.80. The van der Waals surface area contributed by atoms with Gasteiger partial charge in [-0.15, -0.1) is 12.4 Å². The molecular weight excluding hydrogens is 327 g/mol. The molecule has 0 bridgehead atoms. The normalized spacial score (nSPS) is 17.9. The first-order chi connectivity index (χ1) is 9.91. The van der Waals surface area contributed by atoms with Crippen LogP contribution in [0.2, 0.25) is 0 Å². The molecule has 126 valence electrons. The molecule has 1 heterocycles. The van der Waals surface area contributed by atoms with E-state index in [0.717, 1.165) is 12.1 Å². The van der Waals surface area contributed by atoms with Crippen molar-refractivity contribution in [2.75, 3.05) is 32.9 Å². The Labute approximate surface area is 132 Å². The Bertz CT molecular complexity index is 475. The number of alkyl halides is 4. The predicted molar refractivity (Wildman–Crippen MR) is 76.4 cm³/mol. The Morgan fingerprint density at radius 3 is 2.32 bits per heavy atom. The van der Waals surface area contributed by atoms with Crippen LogP contribution < -0.4 is 5.32 Å². The average Bonchev–Trinajstić information content (AvgIpc) is 2.44. The maximum atomic E-state index is 13.5. The molecule has 0 unspecified atom stereocenters. The topological polar surface area (TPSA) is 15.3 Å². The van der Waals surface area contributed by atoms with Gasteiger partial charge in [-0.05, 0) is 30.2 Å². The highest BCUT2D eigenvalue weighted by Crippen LogP contribution is 2.34. The van der Waals surface area contributed by atoms with Gasteiger partial charge in [-0.3, -0.25) is 9.29 Å². The monoisotopic (exact) mass is 344 g/mol. The molecule has 1 aromatic carbocycles. The molecular formula is C14H18ClF5N2. The molecule has 0 saturated carbocycles. The minimum absolute atomic E-state index is 0. The van der Waals surface area contributed by atoms with Crippen LogP contribution in [0.4, 0.5) is 22.0 Å². The summed E-state index contributed by atoms with van der Waals surface area (Å²) in [6.45, 7) is 1.91. The molecule has 2 nitrogen and oxygen atoms in total. The zero-order chi connectivity index (χ0) is 15.5. The molecule has 8 heteroatoms. The van der Waals surface area contributed by atoms with Gasteiger partial charge in [0.05, 0.1) is 12.2 Å². The van der Waals surface area contributed by atoms with E-state index in [0.29, 0.717) is 32.2 Å². The Balaban J connectivity index is 0.00000242. The van der Waals surface area contributed by atoms with Crippen molar-refractivity contribution in [1.29, 1.82) is 0 Å². The lowest BCUT2D eigenvalue weighted by atomic mass is 9.99. The van der Waals surface area contributed by atoms with Crippen molar-refractivity contribution in [3.63, 3.8) is 0 Å². The van der Waals surface area contributed by atoms with Crippen LogP contribution in [0.3, 0.4) is 0 Å². The van der Waals surface area contributed by atoms with Crippen molar-refractivity contribution in [1.82, 2.24) is 10.2 Å². The zero-order valence-corrected chi connectivity index (χ0v) is 12.6. The first kappa shape index (κ1) is 19.1. The number of hydrogen-bond acceptors (Lipinski definition) is 2. The zero-order valence-electron chi connectivity index (χ0n) is 11.8. The van der Waals surface area contributed by atoms with Crippen molar-refractivity contribution >= 4 is 12.4 Å². The van der Waals surface area contributed by atoms with Crippen LogP contribution in [0, 0.1) is 5.82 Å². The Kier molecular flexibility index (Phi) is 7.02. The van der Waals surface area contributed by atoms with Gasteiger partial charge < -0.3 is 5.32 Å². The van der Waals surface area contributed by atoms with E-state index in [1.165, 1.54) is 0 Å². The van der Waals surface area contributed by atoms with E-state index in [1.54, 1.807) is 0 Å². The van der Waals surface area contributed by atoms with Crippen LogP contribution in [0.1, 0.15) is 23.6 Å². The maximum Gasteiger partial charge on any atom is 0.416 e. The molecule has 0 spiro atoms. The van der Waals surface area contributed by atoms with Crippen molar-refractivity contribution in [3.8, 4) is 0 Å². The lowest BCUT2D eigenvalue weighted by Crippen LogP contribution is -2.45. The second-order valence-corrected chi connectivity index (χ2v) is 5.05. The van der Waals surface area contributed by atoms with E-state index in [9.17, 15) is 22.0 Å². The molecule has 0 aliphatic carbocycles.